The van der Waals surface area contributed by atoms with Crippen LogP contribution in [-0.2, 0) is 4.74 Å². The Balaban J connectivity index is 0.00000324. The number of hydrogen-bond acceptors (Lipinski definition) is 2. The van der Waals surface area contributed by atoms with E-state index in [9.17, 15) is 17.7 Å². The summed E-state index contributed by atoms with van der Waals surface area (Å²) in [6, 6.07) is 0. The molecule has 0 aliphatic carbocycles. The Bertz CT molecular complexity index is 353. The topological polar surface area (TPSA) is 29.5 Å². The summed E-state index contributed by atoms with van der Waals surface area (Å²) in [5.74, 6) is 0. The van der Waals surface area contributed by atoms with Gasteiger partial charge in [-0.3, -0.25) is 0 Å². The molecule has 1 heterocycles. The van der Waals surface area contributed by atoms with E-state index in [0.717, 1.165) is 0 Å². The van der Waals surface area contributed by atoms with E-state index in [4.69, 9.17) is 4.74 Å². The molecule has 19 heavy (non-hydrogen) atoms. The molecule has 104 valence electrons. The summed E-state index contributed by atoms with van der Waals surface area (Å²) in [6.45, 7) is 0.569. The molecule has 0 aromatic carbocycles. The predicted molar refractivity (Wildman–Crippen MR) is 64.2 cm³/mol. The molecule has 0 saturated carbocycles. The molecule has 1 amide bonds. The van der Waals surface area contributed by atoms with E-state index in [1.807, 2.05) is 0 Å². The van der Waals surface area contributed by atoms with Gasteiger partial charge in [0.25, 0.3) is 0 Å². The van der Waals surface area contributed by atoms with Gasteiger partial charge in [-0.05, 0) is 33.6 Å². The molecule has 0 aromatic rings. The van der Waals surface area contributed by atoms with Crippen molar-refractivity contribution in [2.75, 3.05) is 13.1 Å². The summed E-state index contributed by atoms with van der Waals surface area (Å²) in [6.07, 6.45) is 0.704. The molecule has 0 radical (unpaired) electrons. The third kappa shape index (κ3) is 7.17. The molecule has 0 unspecified atom stereocenters. The van der Waals surface area contributed by atoms with Gasteiger partial charge in [0.05, 0.1) is 0 Å². The third-order valence-corrected chi connectivity index (χ3v) is 2.55. The zero-order valence-electron chi connectivity index (χ0n) is 11.9. The van der Waals surface area contributed by atoms with Crippen LogP contribution in [0.2, 0.25) is 0 Å². The fourth-order valence-corrected chi connectivity index (χ4v) is 1.69. The summed E-state index contributed by atoms with van der Waals surface area (Å²) >= 11 is 0. The maximum atomic E-state index is 12.6. The summed E-state index contributed by atoms with van der Waals surface area (Å²) < 4.78 is 42.9. The fourth-order valence-electron chi connectivity index (χ4n) is 1.69. The van der Waals surface area contributed by atoms with E-state index < -0.39 is 24.1 Å². The summed E-state index contributed by atoms with van der Waals surface area (Å²) in [7, 11) is 0. The largest absolute Gasteiger partial charge is 1.00 e. The second kappa shape index (κ2) is 7.49. The van der Waals surface area contributed by atoms with Crippen LogP contribution in [0.4, 0.5) is 17.7 Å². The molecule has 1 aliphatic rings. The van der Waals surface area contributed by atoms with Gasteiger partial charge in [-0.25, -0.2) is 4.79 Å². The zero-order valence-corrected chi connectivity index (χ0v) is 15.0. The van der Waals surface area contributed by atoms with E-state index in [0.29, 0.717) is 0 Å². The first-order valence-electron chi connectivity index (χ1n) is 5.96. The minimum atomic E-state index is -4.94. The van der Waals surface area contributed by atoms with Crippen molar-refractivity contribution in [3.63, 3.8) is 0 Å². The number of rotatable bonds is 1. The van der Waals surface area contributed by atoms with Gasteiger partial charge in [0, 0.05) is 13.1 Å². The summed E-state index contributed by atoms with van der Waals surface area (Å²) in [5.41, 5.74) is -1.13. The van der Waals surface area contributed by atoms with Crippen LogP contribution in [0.1, 0.15) is 33.6 Å². The van der Waals surface area contributed by atoms with Crippen molar-refractivity contribution in [1.29, 1.82) is 0 Å². The van der Waals surface area contributed by atoms with E-state index in [1.165, 1.54) is 11.0 Å². The van der Waals surface area contributed by atoms with Gasteiger partial charge in [0.1, 0.15) is 5.60 Å². The smallest absolute Gasteiger partial charge is 0.445 e. The van der Waals surface area contributed by atoms with Crippen LogP contribution in [0.5, 0.6) is 0 Å². The normalized spacial score (nSPS) is 17.2. The predicted octanol–water partition coefficient (Wildman–Crippen LogP) is 0.334. The van der Waals surface area contributed by atoms with Crippen LogP contribution in [-0.4, -0.2) is 36.7 Å². The molecule has 0 aromatic heterocycles. The molecule has 0 fully saturated rings. The van der Waals surface area contributed by atoms with Crippen molar-refractivity contribution in [1.82, 2.24) is 4.90 Å². The average molecular weight is 303 g/mol. The van der Waals surface area contributed by atoms with Crippen LogP contribution in [0.3, 0.4) is 0 Å². The van der Waals surface area contributed by atoms with Crippen molar-refractivity contribution in [3.8, 4) is 0 Å². The van der Waals surface area contributed by atoms with Gasteiger partial charge in [-0.1, -0.05) is 0 Å². The average Bonchev–Trinajstić information content (AvgIpc) is 2.38. The number of amides is 1. The maximum absolute atomic E-state index is 12.6. The molecule has 0 atom stereocenters. The van der Waals surface area contributed by atoms with Crippen LogP contribution >= 0.6 is 0 Å². The number of carbonyl (C=O) groups is 1. The Morgan fingerprint density at radius 3 is 2.37 bits per heavy atom. The minimum Gasteiger partial charge on any atom is -0.445 e. The first-order chi connectivity index (χ1) is 8.09. The first kappa shape index (κ1) is 19.5. The third-order valence-electron chi connectivity index (χ3n) is 2.55. The van der Waals surface area contributed by atoms with Gasteiger partial charge in [0.15, 0.2) is 0 Å². The molecule has 0 bridgehead atoms. The Morgan fingerprint density at radius 1 is 1.32 bits per heavy atom. The Morgan fingerprint density at radius 2 is 1.89 bits per heavy atom. The van der Waals surface area contributed by atoms with Crippen LogP contribution in [0.25, 0.3) is 0 Å². The molecule has 1 rings (SSSR count). The van der Waals surface area contributed by atoms with E-state index in [-0.39, 0.29) is 77.3 Å². The van der Waals surface area contributed by atoms with Gasteiger partial charge < -0.3 is 22.6 Å². The molecular formula is C11H18BF3KNO2. The van der Waals surface area contributed by atoms with Crippen molar-refractivity contribution >= 4 is 13.1 Å². The molecule has 0 N–H and O–H groups in total. The second-order valence-corrected chi connectivity index (χ2v) is 5.36. The molecule has 3 nitrogen and oxygen atoms in total. The van der Waals surface area contributed by atoms with Gasteiger partial charge in [0.2, 0.25) is 0 Å². The molecular weight excluding hydrogens is 285 g/mol. The van der Waals surface area contributed by atoms with Crippen molar-refractivity contribution in [2.24, 2.45) is 0 Å². The van der Waals surface area contributed by atoms with Crippen LogP contribution < -0.4 is 51.4 Å². The monoisotopic (exact) mass is 303 g/mol. The Kier molecular flexibility index (Phi) is 7.69. The molecule has 0 spiro atoms. The standard InChI is InChI=1S/C11H18BF3NO2.K/c1-11(2,3)18-10(17)16-7-4-5-9(6-8-16)12(13,14)15;/h5H,4,6-8H2,1-3H3;/q-1;+1. The van der Waals surface area contributed by atoms with Crippen LogP contribution in [0, 0.1) is 0 Å². The fraction of sp³-hybridized carbons (Fsp3) is 0.727. The second-order valence-electron chi connectivity index (χ2n) is 5.36. The Labute approximate surface area is 154 Å². The SMILES string of the molecule is CC(C)(C)OC(=O)N1CCC=C([B-](F)(F)F)CC1.[K+]. The van der Waals surface area contributed by atoms with Gasteiger partial charge in [-0.15, -0.1) is 11.5 Å². The zero-order chi connectivity index (χ0) is 14.0. The van der Waals surface area contributed by atoms with Gasteiger partial charge >= 0.3 is 64.5 Å². The molecule has 0 saturated heterocycles. The van der Waals surface area contributed by atoms with Crippen molar-refractivity contribution < 1.29 is 73.9 Å². The first-order valence-corrected chi connectivity index (χ1v) is 5.96. The molecule has 8 heteroatoms. The quantitative estimate of drug-likeness (QED) is 0.654. The number of nitrogens with zero attached hydrogens (tertiary/aromatic N) is 1. The van der Waals surface area contributed by atoms with Crippen LogP contribution in [0.15, 0.2) is 11.5 Å². The summed E-state index contributed by atoms with van der Waals surface area (Å²) in [4.78, 5) is 13.1. The Hall–Kier alpha value is 0.501. The van der Waals surface area contributed by atoms with E-state index in [2.05, 4.69) is 0 Å². The number of halogens is 3. The van der Waals surface area contributed by atoms with Crippen molar-refractivity contribution in [3.05, 3.63) is 11.5 Å². The maximum Gasteiger partial charge on any atom is 1.00 e. The number of ether oxygens (including phenoxy) is 1. The minimum absolute atomic E-state index is 0. The van der Waals surface area contributed by atoms with Crippen molar-refractivity contribution in [2.45, 2.75) is 39.2 Å². The van der Waals surface area contributed by atoms with Gasteiger partial charge in [-0.2, -0.15) is 0 Å². The summed E-state index contributed by atoms with van der Waals surface area (Å²) in [5, 5.41) is 0. The van der Waals surface area contributed by atoms with E-state index >= 15 is 0 Å². The number of hydrogen-bond donors (Lipinski definition) is 0. The number of carbonyl (C=O) groups excluding carboxylic acids is 1. The van der Waals surface area contributed by atoms with E-state index in [1.54, 1.807) is 20.8 Å². The molecule has 1 aliphatic heterocycles.